The van der Waals surface area contributed by atoms with Crippen LogP contribution in [0.5, 0.6) is 5.75 Å². The number of nitrogens with zero attached hydrogens (tertiary/aromatic N) is 3. The maximum absolute atomic E-state index is 11.3. The maximum Gasteiger partial charge on any atom is 0.325 e. The fourth-order valence-electron chi connectivity index (χ4n) is 5.30. The van der Waals surface area contributed by atoms with Gasteiger partial charge in [-0.2, -0.15) is 5.10 Å². The maximum atomic E-state index is 11.3. The number of aryl methyl sites for hydroxylation is 1. The third-order valence-electron chi connectivity index (χ3n) is 6.71. The van der Waals surface area contributed by atoms with E-state index in [2.05, 4.69) is 29.9 Å². The molecule has 2 aliphatic rings. The van der Waals surface area contributed by atoms with Gasteiger partial charge in [-0.05, 0) is 74.7 Å². The molecule has 1 aromatic heterocycles. The summed E-state index contributed by atoms with van der Waals surface area (Å²) in [4.78, 5) is 13.7. The minimum atomic E-state index is -0.861. The lowest BCUT2D eigenvalue weighted by molar-refractivity contribution is -0.137. The van der Waals surface area contributed by atoms with Crippen molar-refractivity contribution in [2.75, 3.05) is 13.1 Å². The van der Waals surface area contributed by atoms with Crippen LogP contribution in [0.4, 0.5) is 0 Å². The van der Waals surface area contributed by atoms with E-state index in [1.54, 1.807) is 4.68 Å². The first-order chi connectivity index (χ1) is 14.5. The second-order valence-corrected chi connectivity index (χ2v) is 8.64. The average Bonchev–Trinajstić information content (AvgIpc) is 3.45. The Kier molecular flexibility index (Phi) is 6.14. The standard InChI is InChI=1S/C24H33N3O3/c1-3-21-20(22(4-2)27(25-21)15-23(28)29)13-16-12-17(14-26-10-5-6-11-26)24(30)19-9-7-8-18(16)19/h12,30H,3-11,13-15H2,1-2H3,(H,28,29). The van der Waals surface area contributed by atoms with Crippen LogP contribution in [0.25, 0.3) is 0 Å². The molecule has 4 rings (SSSR count). The number of carboxylic acid groups (broad SMARTS) is 1. The van der Waals surface area contributed by atoms with Gasteiger partial charge in [0, 0.05) is 29.8 Å². The molecule has 0 spiro atoms. The van der Waals surface area contributed by atoms with Crippen molar-refractivity contribution in [2.45, 2.75) is 78.3 Å². The Bertz CT molecular complexity index is 942. The smallest absolute Gasteiger partial charge is 0.325 e. The zero-order chi connectivity index (χ0) is 21.3. The van der Waals surface area contributed by atoms with Gasteiger partial charge in [0.25, 0.3) is 0 Å². The largest absolute Gasteiger partial charge is 0.507 e. The zero-order valence-corrected chi connectivity index (χ0v) is 18.2. The molecular formula is C24H33N3O3. The van der Waals surface area contributed by atoms with Crippen molar-refractivity contribution >= 4 is 5.97 Å². The SMILES string of the molecule is CCc1nn(CC(=O)O)c(CC)c1Cc1cc(CN2CCCC2)c(O)c2c1CCC2. The predicted molar refractivity (Wildman–Crippen MR) is 116 cm³/mol. The van der Waals surface area contributed by atoms with Gasteiger partial charge >= 0.3 is 5.97 Å². The number of aliphatic carboxylic acids is 1. The van der Waals surface area contributed by atoms with Gasteiger partial charge in [-0.25, -0.2) is 0 Å². The van der Waals surface area contributed by atoms with Gasteiger partial charge in [-0.3, -0.25) is 14.4 Å². The van der Waals surface area contributed by atoms with Crippen molar-refractivity contribution in [3.05, 3.63) is 45.3 Å². The first-order valence-electron chi connectivity index (χ1n) is 11.4. The Labute approximate surface area is 178 Å². The third-order valence-corrected chi connectivity index (χ3v) is 6.71. The van der Waals surface area contributed by atoms with Crippen molar-refractivity contribution in [3.63, 3.8) is 0 Å². The quantitative estimate of drug-likeness (QED) is 0.695. The fraction of sp³-hybridized carbons (Fsp3) is 0.583. The molecular weight excluding hydrogens is 378 g/mol. The third kappa shape index (κ3) is 3.97. The molecule has 1 aromatic carbocycles. The fourth-order valence-corrected chi connectivity index (χ4v) is 5.30. The van der Waals surface area contributed by atoms with E-state index >= 15 is 0 Å². The summed E-state index contributed by atoms with van der Waals surface area (Å²) in [7, 11) is 0. The van der Waals surface area contributed by atoms with Crippen LogP contribution < -0.4 is 0 Å². The number of aromatic hydroxyl groups is 1. The molecule has 2 N–H and O–H groups in total. The lowest BCUT2D eigenvalue weighted by Crippen LogP contribution is -2.19. The average molecular weight is 412 g/mol. The number of carboxylic acids is 1. The summed E-state index contributed by atoms with van der Waals surface area (Å²) < 4.78 is 1.67. The molecule has 0 saturated carbocycles. The van der Waals surface area contributed by atoms with Crippen LogP contribution in [-0.4, -0.2) is 44.0 Å². The number of benzene rings is 1. The molecule has 6 heteroatoms. The highest BCUT2D eigenvalue weighted by atomic mass is 16.4. The summed E-state index contributed by atoms with van der Waals surface area (Å²) in [6, 6.07) is 2.21. The number of aromatic nitrogens is 2. The molecule has 1 aliphatic carbocycles. The van der Waals surface area contributed by atoms with E-state index in [1.807, 2.05) is 0 Å². The Hall–Kier alpha value is -2.34. The Morgan fingerprint density at radius 2 is 1.80 bits per heavy atom. The van der Waals surface area contributed by atoms with Gasteiger partial charge < -0.3 is 10.2 Å². The van der Waals surface area contributed by atoms with E-state index < -0.39 is 5.97 Å². The van der Waals surface area contributed by atoms with Crippen molar-refractivity contribution < 1.29 is 15.0 Å². The highest BCUT2D eigenvalue weighted by molar-refractivity contribution is 5.66. The van der Waals surface area contributed by atoms with Gasteiger partial charge in [0.15, 0.2) is 0 Å². The molecule has 1 aliphatic heterocycles. The molecule has 0 radical (unpaired) electrons. The summed E-state index contributed by atoms with van der Waals surface area (Å²) in [6.45, 7) is 7.08. The van der Waals surface area contributed by atoms with E-state index in [0.29, 0.717) is 5.75 Å². The van der Waals surface area contributed by atoms with Gasteiger partial charge in [0.05, 0.1) is 5.69 Å². The lowest BCUT2D eigenvalue weighted by Gasteiger charge is -2.20. The van der Waals surface area contributed by atoms with Crippen LogP contribution in [0.2, 0.25) is 0 Å². The second kappa shape index (κ2) is 8.80. The van der Waals surface area contributed by atoms with Crippen molar-refractivity contribution in [3.8, 4) is 5.75 Å². The number of carbonyl (C=O) groups is 1. The van der Waals surface area contributed by atoms with Crippen molar-refractivity contribution in [1.29, 1.82) is 0 Å². The number of fused-ring (bicyclic) bond motifs is 1. The monoisotopic (exact) mass is 411 g/mol. The van der Waals surface area contributed by atoms with Gasteiger partial charge in [-0.15, -0.1) is 0 Å². The molecule has 162 valence electrons. The molecule has 2 heterocycles. The molecule has 0 bridgehead atoms. The summed E-state index contributed by atoms with van der Waals surface area (Å²) in [5.41, 5.74) is 7.95. The predicted octanol–water partition coefficient (Wildman–Crippen LogP) is 3.47. The molecule has 0 atom stereocenters. The van der Waals surface area contributed by atoms with Crippen LogP contribution in [-0.2, 0) is 50.0 Å². The van der Waals surface area contributed by atoms with Gasteiger partial charge in [0.1, 0.15) is 12.3 Å². The van der Waals surface area contributed by atoms with E-state index in [1.165, 1.54) is 29.5 Å². The summed E-state index contributed by atoms with van der Waals surface area (Å²) in [5.74, 6) is -0.356. The highest BCUT2D eigenvalue weighted by Gasteiger charge is 2.25. The molecule has 30 heavy (non-hydrogen) atoms. The normalized spacial score (nSPS) is 16.3. The van der Waals surface area contributed by atoms with Gasteiger partial charge in [0.2, 0.25) is 0 Å². The Balaban J connectivity index is 1.73. The minimum Gasteiger partial charge on any atom is -0.507 e. The van der Waals surface area contributed by atoms with Crippen LogP contribution in [0.15, 0.2) is 6.07 Å². The van der Waals surface area contributed by atoms with E-state index in [-0.39, 0.29) is 6.54 Å². The van der Waals surface area contributed by atoms with Crippen molar-refractivity contribution in [2.24, 2.45) is 0 Å². The number of phenolic OH excluding ortho intramolecular Hbond substituents is 1. The van der Waals surface area contributed by atoms with Crippen LogP contribution in [0, 0.1) is 0 Å². The second-order valence-electron chi connectivity index (χ2n) is 8.64. The van der Waals surface area contributed by atoms with E-state index in [9.17, 15) is 15.0 Å². The molecule has 1 fully saturated rings. The Morgan fingerprint density at radius 1 is 1.07 bits per heavy atom. The lowest BCUT2D eigenvalue weighted by atomic mass is 9.92. The molecule has 6 nitrogen and oxygen atoms in total. The topological polar surface area (TPSA) is 78.6 Å². The number of rotatable bonds is 8. The Morgan fingerprint density at radius 3 is 2.47 bits per heavy atom. The molecule has 0 unspecified atom stereocenters. The molecule has 2 aromatic rings. The van der Waals surface area contributed by atoms with Crippen molar-refractivity contribution in [1.82, 2.24) is 14.7 Å². The zero-order valence-electron chi connectivity index (χ0n) is 18.2. The van der Waals surface area contributed by atoms with Gasteiger partial charge in [-0.1, -0.05) is 19.9 Å². The summed E-state index contributed by atoms with van der Waals surface area (Å²) in [6.07, 6.45) is 7.83. The summed E-state index contributed by atoms with van der Waals surface area (Å²) in [5, 5.41) is 24.9. The number of likely N-dealkylation sites (tertiary alicyclic amines) is 1. The molecule has 1 saturated heterocycles. The highest BCUT2D eigenvalue weighted by Crippen LogP contribution is 2.38. The number of hydrogen-bond acceptors (Lipinski definition) is 4. The number of hydrogen-bond donors (Lipinski definition) is 2. The van der Waals surface area contributed by atoms with Crippen LogP contribution in [0.3, 0.4) is 0 Å². The van der Waals surface area contributed by atoms with Crippen LogP contribution in [0.1, 0.15) is 72.3 Å². The minimum absolute atomic E-state index is 0.0932. The first-order valence-corrected chi connectivity index (χ1v) is 11.4. The first kappa shape index (κ1) is 20.9. The number of phenols is 1. The summed E-state index contributed by atoms with van der Waals surface area (Å²) >= 11 is 0. The van der Waals surface area contributed by atoms with Crippen LogP contribution >= 0.6 is 0 Å². The van der Waals surface area contributed by atoms with E-state index in [0.717, 1.165) is 80.7 Å². The molecule has 0 amide bonds. The van der Waals surface area contributed by atoms with E-state index in [4.69, 9.17) is 0 Å².